The summed E-state index contributed by atoms with van der Waals surface area (Å²) in [6.45, 7) is 8.09. The number of hydrogen-bond donors (Lipinski definition) is 1. The second kappa shape index (κ2) is 7.46. The van der Waals surface area contributed by atoms with Gasteiger partial charge in [0.05, 0.1) is 13.2 Å². The van der Waals surface area contributed by atoms with E-state index in [1.54, 1.807) is 7.05 Å². The van der Waals surface area contributed by atoms with Crippen molar-refractivity contribution in [3.8, 4) is 5.75 Å². The third-order valence-corrected chi connectivity index (χ3v) is 3.77. The van der Waals surface area contributed by atoms with Gasteiger partial charge in [-0.3, -0.25) is 4.79 Å². The van der Waals surface area contributed by atoms with Crippen LogP contribution in [0.25, 0.3) is 0 Å². The number of carbonyl (C=O) groups excluding carboxylic acids is 1. The fraction of sp³-hybridized carbons (Fsp3) is 0.588. The first-order valence-electron chi connectivity index (χ1n) is 7.36. The Labute approximate surface area is 127 Å². The first-order valence-corrected chi connectivity index (χ1v) is 7.36. The van der Waals surface area contributed by atoms with Crippen LogP contribution in [0.4, 0.5) is 0 Å². The van der Waals surface area contributed by atoms with Crippen LogP contribution in [0.5, 0.6) is 5.75 Å². The lowest BCUT2D eigenvalue weighted by atomic mass is 9.95. The van der Waals surface area contributed by atoms with E-state index in [4.69, 9.17) is 9.47 Å². The maximum atomic E-state index is 11.8. The van der Waals surface area contributed by atoms with Crippen molar-refractivity contribution in [1.29, 1.82) is 0 Å². The molecule has 4 heteroatoms. The molecule has 0 spiro atoms. The van der Waals surface area contributed by atoms with Crippen molar-refractivity contribution < 1.29 is 14.3 Å². The summed E-state index contributed by atoms with van der Waals surface area (Å²) >= 11 is 0. The number of methoxy groups -OCH3 is 1. The van der Waals surface area contributed by atoms with Gasteiger partial charge in [0.2, 0.25) is 0 Å². The molecule has 1 aromatic rings. The molecule has 0 radical (unpaired) electrons. The largest absolute Gasteiger partial charge is 0.491 e. The third-order valence-electron chi connectivity index (χ3n) is 3.77. The molecule has 0 amide bonds. The van der Waals surface area contributed by atoms with Crippen LogP contribution in [0.2, 0.25) is 0 Å². The molecular weight excluding hydrogens is 266 g/mol. The van der Waals surface area contributed by atoms with Crippen molar-refractivity contribution in [1.82, 2.24) is 5.32 Å². The van der Waals surface area contributed by atoms with E-state index in [1.807, 2.05) is 26.0 Å². The van der Waals surface area contributed by atoms with E-state index in [0.29, 0.717) is 12.3 Å². The van der Waals surface area contributed by atoms with E-state index in [9.17, 15) is 4.79 Å². The molecule has 0 aliphatic carbocycles. The van der Waals surface area contributed by atoms with E-state index in [-0.39, 0.29) is 12.1 Å². The highest BCUT2D eigenvalue weighted by molar-refractivity contribution is 5.80. The molecule has 0 saturated heterocycles. The van der Waals surface area contributed by atoms with Crippen LogP contribution in [0, 0.1) is 0 Å². The van der Waals surface area contributed by atoms with Crippen LogP contribution in [0.15, 0.2) is 24.3 Å². The van der Waals surface area contributed by atoms with Gasteiger partial charge in [-0.2, -0.15) is 0 Å². The summed E-state index contributed by atoms with van der Waals surface area (Å²) < 4.78 is 10.7. The Morgan fingerprint density at radius 3 is 2.24 bits per heavy atom. The van der Waals surface area contributed by atoms with Gasteiger partial charge in [0.1, 0.15) is 11.3 Å². The van der Waals surface area contributed by atoms with Gasteiger partial charge in [0.25, 0.3) is 0 Å². The first kappa shape index (κ1) is 17.5. The van der Waals surface area contributed by atoms with Crippen molar-refractivity contribution in [3.05, 3.63) is 29.8 Å². The number of ether oxygens (including phenoxy) is 2. The van der Waals surface area contributed by atoms with Gasteiger partial charge in [-0.15, -0.1) is 0 Å². The number of hydrogen-bond acceptors (Lipinski definition) is 4. The van der Waals surface area contributed by atoms with Crippen LogP contribution >= 0.6 is 0 Å². The number of benzene rings is 1. The fourth-order valence-electron chi connectivity index (χ4n) is 2.29. The Balaban J connectivity index is 2.68. The van der Waals surface area contributed by atoms with Crippen LogP contribution in [0.3, 0.4) is 0 Å². The van der Waals surface area contributed by atoms with Gasteiger partial charge in [-0.25, -0.2) is 0 Å². The minimum absolute atomic E-state index is 0.105. The first-order chi connectivity index (χ1) is 9.82. The van der Waals surface area contributed by atoms with Gasteiger partial charge in [0, 0.05) is 6.42 Å². The van der Waals surface area contributed by atoms with E-state index < -0.39 is 5.54 Å². The van der Waals surface area contributed by atoms with Gasteiger partial charge in [0.15, 0.2) is 0 Å². The summed E-state index contributed by atoms with van der Waals surface area (Å²) in [7, 11) is 3.15. The number of carbonyl (C=O) groups is 1. The van der Waals surface area contributed by atoms with Crippen LogP contribution < -0.4 is 10.1 Å². The standard InChI is InChI=1S/C17H27NO3/c1-12(2)14-7-9-15(10-8-14)21-13(3)11-17(4,18-5)16(19)20-6/h7-10,12-13,18H,11H2,1-6H3. The minimum Gasteiger partial charge on any atom is -0.491 e. The van der Waals surface area contributed by atoms with E-state index in [2.05, 4.69) is 31.3 Å². The molecule has 0 aromatic heterocycles. The molecule has 0 bridgehead atoms. The van der Waals surface area contributed by atoms with Crippen molar-refractivity contribution in [2.24, 2.45) is 0 Å². The molecule has 0 fully saturated rings. The molecule has 1 N–H and O–H groups in total. The number of rotatable bonds is 7. The molecule has 0 saturated carbocycles. The summed E-state index contributed by atoms with van der Waals surface area (Å²) in [4.78, 5) is 11.8. The molecule has 2 unspecified atom stereocenters. The molecule has 4 nitrogen and oxygen atoms in total. The molecule has 1 aromatic carbocycles. The molecule has 0 aliphatic rings. The van der Waals surface area contributed by atoms with Crippen LogP contribution in [-0.4, -0.2) is 31.8 Å². The van der Waals surface area contributed by atoms with Crippen molar-refractivity contribution in [2.75, 3.05) is 14.2 Å². The highest BCUT2D eigenvalue weighted by Gasteiger charge is 2.34. The van der Waals surface area contributed by atoms with Crippen molar-refractivity contribution >= 4 is 5.97 Å². The molecule has 118 valence electrons. The zero-order chi connectivity index (χ0) is 16.0. The monoisotopic (exact) mass is 293 g/mol. The van der Waals surface area contributed by atoms with Gasteiger partial charge >= 0.3 is 5.97 Å². The Kier molecular flexibility index (Phi) is 6.21. The summed E-state index contributed by atoms with van der Waals surface area (Å²) in [5, 5.41) is 3.02. The Morgan fingerprint density at radius 1 is 1.24 bits per heavy atom. The smallest absolute Gasteiger partial charge is 0.325 e. The van der Waals surface area contributed by atoms with E-state index in [1.165, 1.54) is 12.7 Å². The van der Waals surface area contributed by atoms with Crippen molar-refractivity contribution in [3.63, 3.8) is 0 Å². The summed E-state index contributed by atoms with van der Waals surface area (Å²) in [5.41, 5.74) is 0.538. The van der Waals surface area contributed by atoms with Gasteiger partial charge in [-0.05, 0) is 44.5 Å². The van der Waals surface area contributed by atoms with Crippen molar-refractivity contribution in [2.45, 2.75) is 51.7 Å². The second-order valence-electron chi connectivity index (χ2n) is 5.93. The molecule has 21 heavy (non-hydrogen) atoms. The number of esters is 1. The number of likely N-dealkylation sites (N-methyl/N-ethyl adjacent to an activating group) is 1. The lowest BCUT2D eigenvalue weighted by Gasteiger charge is -2.29. The highest BCUT2D eigenvalue weighted by Crippen LogP contribution is 2.22. The maximum Gasteiger partial charge on any atom is 0.325 e. The predicted octanol–water partition coefficient (Wildman–Crippen LogP) is 3.12. The lowest BCUT2D eigenvalue weighted by molar-refractivity contribution is -0.148. The Bertz CT molecular complexity index is 456. The zero-order valence-corrected chi connectivity index (χ0v) is 13.9. The summed E-state index contributed by atoms with van der Waals surface area (Å²) in [6, 6.07) is 8.09. The molecule has 1 rings (SSSR count). The summed E-state index contributed by atoms with van der Waals surface area (Å²) in [5.74, 6) is 1.04. The molecular formula is C17H27NO3. The Hall–Kier alpha value is -1.55. The summed E-state index contributed by atoms with van der Waals surface area (Å²) in [6.07, 6.45) is 0.425. The Morgan fingerprint density at radius 2 is 1.81 bits per heavy atom. The quantitative estimate of drug-likeness (QED) is 0.785. The van der Waals surface area contributed by atoms with Gasteiger partial charge < -0.3 is 14.8 Å². The topological polar surface area (TPSA) is 47.6 Å². The van der Waals surface area contributed by atoms with Crippen LogP contribution in [0.1, 0.15) is 45.6 Å². The van der Waals surface area contributed by atoms with E-state index in [0.717, 1.165) is 5.75 Å². The number of nitrogens with one attached hydrogen (secondary N) is 1. The highest BCUT2D eigenvalue weighted by atomic mass is 16.5. The van der Waals surface area contributed by atoms with E-state index >= 15 is 0 Å². The SMILES string of the molecule is CNC(C)(CC(C)Oc1ccc(C(C)C)cc1)C(=O)OC. The maximum absolute atomic E-state index is 11.8. The minimum atomic E-state index is -0.744. The average molecular weight is 293 g/mol. The third kappa shape index (κ3) is 4.74. The van der Waals surface area contributed by atoms with Crippen LogP contribution in [-0.2, 0) is 9.53 Å². The fourth-order valence-corrected chi connectivity index (χ4v) is 2.29. The molecule has 2 atom stereocenters. The zero-order valence-electron chi connectivity index (χ0n) is 13.9. The molecule has 0 aliphatic heterocycles. The normalized spacial score (nSPS) is 15.4. The predicted molar refractivity (Wildman–Crippen MR) is 84.7 cm³/mol. The van der Waals surface area contributed by atoms with Gasteiger partial charge in [-0.1, -0.05) is 26.0 Å². The second-order valence-corrected chi connectivity index (χ2v) is 5.93. The average Bonchev–Trinajstić information content (AvgIpc) is 2.46. The lowest BCUT2D eigenvalue weighted by Crippen LogP contribution is -2.50. The molecule has 0 heterocycles.